The first-order valence-electron chi connectivity index (χ1n) is 6.13. The predicted molar refractivity (Wildman–Crippen MR) is 64.9 cm³/mol. The molecule has 2 aliphatic rings. The number of hydrogen-bond acceptors (Lipinski definition) is 4. The van der Waals surface area contributed by atoms with E-state index in [1.54, 1.807) is 0 Å². The molecule has 2 unspecified atom stereocenters. The Morgan fingerprint density at radius 3 is 3.18 bits per heavy atom. The monoisotopic (exact) mass is 237 g/mol. The SMILES string of the molecule is O=CC1CNCC(COCC2=CCCC=C2)O1. The maximum Gasteiger partial charge on any atom is 0.150 e. The third-order valence-corrected chi connectivity index (χ3v) is 2.88. The molecule has 0 spiro atoms. The lowest BCUT2D eigenvalue weighted by Gasteiger charge is -2.27. The Labute approximate surface area is 102 Å². The van der Waals surface area contributed by atoms with Gasteiger partial charge in [0.05, 0.1) is 19.3 Å². The molecule has 17 heavy (non-hydrogen) atoms. The van der Waals surface area contributed by atoms with Crippen LogP contribution in [-0.4, -0.2) is 44.8 Å². The van der Waals surface area contributed by atoms with E-state index in [4.69, 9.17) is 9.47 Å². The maximum atomic E-state index is 10.6. The van der Waals surface area contributed by atoms with Gasteiger partial charge in [-0.25, -0.2) is 0 Å². The Morgan fingerprint density at radius 2 is 2.41 bits per heavy atom. The fourth-order valence-corrected chi connectivity index (χ4v) is 1.99. The molecule has 0 bridgehead atoms. The van der Waals surface area contributed by atoms with E-state index in [2.05, 4.69) is 23.5 Å². The van der Waals surface area contributed by atoms with Gasteiger partial charge >= 0.3 is 0 Å². The number of ether oxygens (including phenoxy) is 2. The number of rotatable bonds is 5. The highest BCUT2D eigenvalue weighted by Crippen LogP contribution is 2.10. The van der Waals surface area contributed by atoms with E-state index in [1.165, 1.54) is 5.57 Å². The van der Waals surface area contributed by atoms with Crippen LogP contribution in [0.15, 0.2) is 23.8 Å². The minimum absolute atomic E-state index is 0.0212. The molecule has 1 aliphatic carbocycles. The van der Waals surface area contributed by atoms with Crippen LogP contribution in [0.2, 0.25) is 0 Å². The molecule has 1 N–H and O–H groups in total. The molecule has 0 aromatic rings. The zero-order chi connectivity index (χ0) is 11.9. The van der Waals surface area contributed by atoms with Gasteiger partial charge in [-0.05, 0) is 18.4 Å². The van der Waals surface area contributed by atoms with Crippen molar-refractivity contribution in [2.75, 3.05) is 26.3 Å². The number of hydrogen-bond donors (Lipinski definition) is 1. The van der Waals surface area contributed by atoms with Crippen LogP contribution in [0, 0.1) is 0 Å². The van der Waals surface area contributed by atoms with Crippen LogP contribution in [0.1, 0.15) is 12.8 Å². The van der Waals surface area contributed by atoms with Gasteiger partial charge in [0.25, 0.3) is 0 Å². The van der Waals surface area contributed by atoms with Crippen LogP contribution in [0.25, 0.3) is 0 Å². The standard InChI is InChI=1S/C13H19NO3/c15-8-12-6-14-7-13(17-12)10-16-9-11-4-2-1-3-5-11/h2,4-5,8,12-14H,1,3,6-7,9-10H2. The lowest BCUT2D eigenvalue weighted by molar-refractivity contribution is -0.128. The Kier molecular flexibility index (Phi) is 4.91. The van der Waals surface area contributed by atoms with Crippen molar-refractivity contribution in [3.05, 3.63) is 23.8 Å². The van der Waals surface area contributed by atoms with Crippen LogP contribution >= 0.6 is 0 Å². The average molecular weight is 237 g/mol. The first kappa shape index (κ1) is 12.5. The molecule has 1 heterocycles. The summed E-state index contributed by atoms with van der Waals surface area (Å²) in [5.41, 5.74) is 1.23. The summed E-state index contributed by atoms with van der Waals surface area (Å²) >= 11 is 0. The summed E-state index contributed by atoms with van der Waals surface area (Å²) < 4.78 is 11.1. The van der Waals surface area contributed by atoms with E-state index >= 15 is 0 Å². The van der Waals surface area contributed by atoms with Crippen molar-refractivity contribution in [2.24, 2.45) is 0 Å². The first-order valence-corrected chi connectivity index (χ1v) is 6.13. The summed E-state index contributed by atoms with van der Waals surface area (Å²) in [5, 5.41) is 3.16. The second-order valence-corrected chi connectivity index (χ2v) is 4.36. The molecule has 2 atom stereocenters. The van der Waals surface area contributed by atoms with Crippen LogP contribution in [0.5, 0.6) is 0 Å². The maximum absolute atomic E-state index is 10.6. The van der Waals surface area contributed by atoms with Gasteiger partial charge in [-0.2, -0.15) is 0 Å². The van der Waals surface area contributed by atoms with Crippen molar-refractivity contribution in [1.82, 2.24) is 5.32 Å². The van der Waals surface area contributed by atoms with Crippen LogP contribution in [-0.2, 0) is 14.3 Å². The summed E-state index contributed by atoms with van der Waals surface area (Å²) in [5.74, 6) is 0. The second-order valence-electron chi connectivity index (χ2n) is 4.36. The molecular weight excluding hydrogens is 218 g/mol. The van der Waals surface area contributed by atoms with Gasteiger partial charge in [-0.1, -0.05) is 18.2 Å². The normalized spacial score (nSPS) is 28.8. The average Bonchev–Trinajstić information content (AvgIpc) is 2.40. The molecule has 1 aliphatic heterocycles. The molecule has 0 amide bonds. The van der Waals surface area contributed by atoms with Gasteiger partial charge in [-0.3, -0.25) is 0 Å². The molecular formula is C13H19NO3. The van der Waals surface area contributed by atoms with Gasteiger partial charge in [0, 0.05) is 13.1 Å². The Bertz CT molecular complexity index is 312. The Morgan fingerprint density at radius 1 is 1.47 bits per heavy atom. The molecule has 2 rings (SSSR count). The molecule has 0 radical (unpaired) electrons. The Hall–Kier alpha value is -0.970. The molecule has 1 saturated heterocycles. The summed E-state index contributed by atoms with van der Waals surface area (Å²) in [4.78, 5) is 10.6. The number of carbonyl (C=O) groups excluding carboxylic acids is 1. The van der Waals surface area contributed by atoms with Crippen molar-refractivity contribution in [2.45, 2.75) is 25.0 Å². The minimum atomic E-state index is -0.328. The van der Waals surface area contributed by atoms with Gasteiger partial charge in [0.1, 0.15) is 12.4 Å². The highest BCUT2D eigenvalue weighted by molar-refractivity contribution is 5.56. The van der Waals surface area contributed by atoms with Crippen molar-refractivity contribution in [1.29, 1.82) is 0 Å². The smallest absolute Gasteiger partial charge is 0.150 e. The number of nitrogens with one attached hydrogen (secondary N) is 1. The zero-order valence-corrected chi connectivity index (χ0v) is 9.93. The van der Waals surface area contributed by atoms with Crippen molar-refractivity contribution >= 4 is 6.29 Å². The van der Waals surface area contributed by atoms with Crippen LogP contribution in [0.3, 0.4) is 0 Å². The predicted octanol–water partition coefficient (Wildman–Crippen LogP) is 0.835. The third kappa shape index (κ3) is 4.07. The van der Waals surface area contributed by atoms with Crippen molar-refractivity contribution in [3.63, 3.8) is 0 Å². The van der Waals surface area contributed by atoms with Gasteiger partial charge in [0.15, 0.2) is 0 Å². The molecule has 1 fully saturated rings. The summed E-state index contributed by atoms with van der Waals surface area (Å²) in [6, 6.07) is 0. The summed E-state index contributed by atoms with van der Waals surface area (Å²) in [7, 11) is 0. The molecule has 0 aromatic heterocycles. The highest BCUT2D eigenvalue weighted by atomic mass is 16.5. The summed E-state index contributed by atoms with van der Waals surface area (Å²) in [6.45, 7) is 2.51. The quantitative estimate of drug-likeness (QED) is 0.720. The number of allylic oxidation sites excluding steroid dienone is 2. The lowest BCUT2D eigenvalue weighted by atomic mass is 10.1. The number of carbonyl (C=O) groups is 1. The lowest BCUT2D eigenvalue weighted by Crippen LogP contribution is -2.47. The van der Waals surface area contributed by atoms with Crippen molar-refractivity contribution < 1.29 is 14.3 Å². The van der Waals surface area contributed by atoms with E-state index in [9.17, 15) is 4.79 Å². The topological polar surface area (TPSA) is 47.6 Å². The molecule has 94 valence electrons. The van der Waals surface area contributed by atoms with E-state index in [0.29, 0.717) is 19.8 Å². The second kappa shape index (κ2) is 6.69. The summed E-state index contributed by atoms with van der Waals surface area (Å²) in [6.07, 6.45) is 9.19. The number of aldehydes is 1. The fraction of sp³-hybridized carbons (Fsp3) is 0.615. The van der Waals surface area contributed by atoms with E-state index in [0.717, 1.165) is 25.7 Å². The van der Waals surface area contributed by atoms with Crippen molar-refractivity contribution in [3.8, 4) is 0 Å². The first-order chi connectivity index (χ1) is 8.38. The molecule has 0 saturated carbocycles. The highest BCUT2D eigenvalue weighted by Gasteiger charge is 2.21. The molecule has 0 aromatic carbocycles. The minimum Gasteiger partial charge on any atom is -0.374 e. The van der Waals surface area contributed by atoms with Gasteiger partial charge in [0.2, 0.25) is 0 Å². The largest absolute Gasteiger partial charge is 0.374 e. The van der Waals surface area contributed by atoms with Gasteiger partial charge < -0.3 is 19.6 Å². The fourth-order valence-electron chi connectivity index (χ4n) is 1.99. The number of morpholine rings is 1. The molecule has 4 heteroatoms. The Balaban J connectivity index is 1.66. The van der Waals surface area contributed by atoms with Gasteiger partial charge in [-0.15, -0.1) is 0 Å². The van der Waals surface area contributed by atoms with Crippen LogP contribution < -0.4 is 5.32 Å². The van der Waals surface area contributed by atoms with E-state index in [1.807, 2.05) is 0 Å². The van der Waals surface area contributed by atoms with E-state index in [-0.39, 0.29) is 12.2 Å². The van der Waals surface area contributed by atoms with E-state index < -0.39 is 0 Å². The van der Waals surface area contributed by atoms with Crippen LogP contribution in [0.4, 0.5) is 0 Å². The third-order valence-electron chi connectivity index (χ3n) is 2.88. The zero-order valence-electron chi connectivity index (χ0n) is 9.93. The molecule has 4 nitrogen and oxygen atoms in total.